The first-order valence-corrected chi connectivity index (χ1v) is 7.41. The van der Waals surface area contributed by atoms with Gasteiger partial charge in [0.15, 0.2) is 5.54 Å². The van der Waals surface area contributed by atoms with Crippen LogP contribution in [0, 0.1) is 0 Å². The number of fused-ring (bicyclic) bond motifs is 4. The number of benzene rings is 1. The third-order valence-electron chi connectivity index (χ3n) is 4.74. The van der Waals surface area contributed by atoms with E-state index >= 15 is 0 Å². The van der Waals surface area contributed by atoms with Crippen molar-refractivity contribution >= 4 is 22.8 Å². The number of rotatable bonds is 2. The smallest absolute Gasteiger partial charge is 0.325 e. The highest BCUT2D eigenvalue weighted by Gasteiger charge is 2.58. The highest BCUT2D eigenvalue weighted by atomic mass is 16.5. The second-order valence-corrected chi connectivity index (χ2v) is 5.89. The van der Waals surface area contributed by atoms with E-state index in [0.717, 1.165) is 22.2 Å². The molecule has 22 heavy (non-hydrogen) atoms. The van der Waals surface area contributed by atoms with Crippen LogP contribution in [0.3, 0.4) is 0 Å². The van der Waals surface area contributed by atoms with E-state index in [2.05, 4.69) is 10.3 Å². The number of amides is 3. The van der Waals surface area contributed by atoms with Crippen LogP contribution in [0.4, 0.5) is 4.79 Å². The number of aromatic nitrogens is 1. The van der Waals surface area contributed by atoms with Crippen LogP contribution in [0.25, 0.3) is 10.9 Å². The Bertz CT molecular complexity index is 797. The van der Waals surface area contributed by atoms with Crippen molar-refractivity contribution in [2.24, 2.45) is 0 Å². The van der Waals surface area contributed by atoms with E-state index in [4.69, 9.17) is 4.74 Å². The molecule has 2 N–H and O–H groups in total. The summed E-state index contributed by atoms with van der Waals surface area (Å²) in [7, 11) is 0. The maximum Gasteiger partial charge on any atom is 0.325 e. The number of carbonyl (C=O) groups is 2. The van der Waals surface area contributed by atoms with Crippen molar-refractivity contribution in [1.82, 2.24) is 15.2 Å². The van der Waals surface area contributed by atoms with E-state index in [-0.39, 0.29) is 11.9 Å². The summed E-state index contributed by atoms with van der Waals surface area (Å²) in [6.07, 6.45) is -0.483. The van der Waals surface area contributed by atoms with Gasteiger partial charge in [0, 0.05) is 28.8 Å². The van der Waals surface area contributed by atoms with Gasteiger partial charge in [-0.15, -0.1) is 0 Å². The Morgan fingerprint density at radius 2 is 2.14 bits per heavy atom. The minimum Gasteiger partial charge on any atom is -0.371 e. The van der Waals surface area contributed by atoms with Crippen LogP contribution < -0.4 is 5.32 Å². The minimum absolute atomic E-state index is 0.299. The molecule has 3 amide bonds. The minimum atomic E-state index is -1.01. The molecule has 1 aromatic carbocycles. The number of carbonyl (C=O) groups excluding carboxylic acids is 2. The Hall–Kier alpha value is -2.34. The zero-order valence-electron chi connectivity index (χ0n) is 12.5. The summed E-state index contributed by atoms with van der Waals surface area (Å²) in [6, 6.07) is 7.58. The molecule has 2 atom stereocenters. The molecule has 3 heterocycles. The molecule has 1 saturated heterocycles. The van der Waals surface area contributed by atoms with Crippen molar-refractivity contribution in [2.75, 3.05) is 6.61 Å². The van der Waals surface area contributed by atoms with Crippen LogP contribution in [0.1, 0.15) is 31.2 Å². The molecule has 0 bridgehead atoms. The van der Waals surface area contributed by atoms with Crippen LogP contribution in [-0.4, -0.2) is 34.0 Å². The maximum atomic E-state index is 12.4. The van der Waals surface area contributed by atoms with Crippen LogP contribution in [0.5, 0.6) is 0 Å². The van der Waals surface area contributed by atoms with Crippen molar-refractivity contribution in [3.8, 4) is 0 Å². The monoisotopic (exact) mass is 299 g/mol. The lowest BCUT2D eigenvalue weighted by Gasteiger charge is -2.42. The first kappa shape index (κ1) is 13.3. The fraction of sp³-hybridized carbons (Fsp3) is 0.375. The summed E-state index contributed by atoms with van der Waals surface area (Å²) in [6.45, 7) is 4.51. The Morgan fingerprint density at radius 3 is 2.91 bits per heavy atom. The van der Waals surface area contributed by atoms with E-state index < -0.39 is 11.6 Å². The molecular formula is C16H17N3O3. The summed E-state index contributed by atoms with van der Waals surface area (Å²) in [5.74, 6) is -0.299. The van der Waals surface area contributed by atoms with Gasteiger partial charge in [-0.3, -0.25) is 10.1 Å². The molecule has 4 rings (SSSR count). The topological polar surface area (TPSA) is 74.4 Å². The number of ether oxygens (including phenoxy) is 1. The van der Waals surface area contributed by atoms with Crippen LogP contribution >= 0.6 is 0 Å². The Morgan fingerprint density at radius 1 is 1.36 bits per heavy atom. The zero-order valence-corrected chi connectivity index (χ0v) is 12.5. The van der Waals surface area contributed by atoms with Gasteiger partial charge in [-0.2, -0.15) is 0 Å². The maximum absolute atomic E-state index is 12.4. The van der Waals surface area contributed by atoms with Crippen molar-refractivity contribution in [3.05, 3.63) is 35.5 Å². The molecule has 2 aliphatic rings. The van der Waals surface area contributed by atoms with Crippen molar-refractivity contribution < 1.29 is 14.3 Å². The lowest BCUT2D eigenvalue weighted by Crippen LogP contribution is -2.54. The molecule has 2 unspecified atom stereocenters. The van der Waals surface area contributed by atoms with E-state index in [9.17, 15) is 9.59 Å². The third-order valence-corrected chi connectivity index (χ3v) is 4.74. The Balaban J connectivity index is 1.99. The highest BCUT2D eigenvalue weighted by molar-refractivity contribution is 6.08. The van der Waals surface area contributed by atoms with Gasteiger partial charge in [0.2, 0.25) is 0 Å². The van der Waals surface area contributed by atoms with E-state index in [1.807, 2.05) is 31.2 Å². The Labute approximate surface area is 127 Å². The standard InChI is InChI=1S/C16H17N3O3/c1-3-22-13-12-9-6-4-5-7-10(9)17-11(12)8-19-15(21)18-14(20)16(13,19)2/h4-7,13,17H,3,8H2,1-2H3,(H,18,20,21). The normalized spacial score (nSPS) is 27.0. The van der Waals surface area contributed by atoms with Gasteiger partial charge in [0.25, 0.3) is 5.91 Å². The van der Waals surface area contributed by atoms with Crippen molar-refractivity contribution in [2.45, 2.75) is 32.0 Å². The van der Waals surface area contributed by atoms with Crippen LogP contribution in [-0.2, 0) is 16.1 Å². The van der Waals surface area contributed by atoms with Crippen LogP contribution in [0.2, 0.25) is 0 Å². The third kappa shape index (κ3) is 1.47. The first-order valence-electron chi connectivity index (χ1n) is 7.41. The van der Waals surface area contributed by atoms with Gasteiger partial charge < -0.3 is 14.6 Å². The molecule has 1 aromatic heterocycles. The molecule has 1 fully saturated rings. The quantitative estimate of drug-likeness (QED) is 0.834. The summed E-state index contributed by atoms with van der Waals surface area (Å²) in [5, 5.41) is 3.46. The number of para-hydroxylation sites is 1. The summed E-state index contributed by atoms with van der Waals surface area (Å²) < 4.78 is 5.94. The number of imide groups is 1. The van der Waals surface area contributed by atoms with E-state index in [1.54, 1.807) is 11.8 Å². The lowest BCUT2D eigenvalue weighted by atomic mass is 9.83. The fourth-order valence-corrected chi connectivity index (χ4v) is 3.62. The molecule has 0 saturated carbocycles. The SMILES string of the molecule is CCOC1c2c([nH]c3ccccc23)CN2C(=O)NC(=O)C12C. The van der Waals surface area contributed by atoms with Gasteiger partial charge >= 0.3 is 6.03 Å². The molecule has 0 radical (unpaired) electrons. The van der Waals surface area contributed by atoms with Crippen LogP contribution in [0.15, 0.2) is 24.3 Å². The molecule has 114 valence electrons. The van der Waals surface area contributed by atoms with Gasteiger partial charge in [0.05, 0.1) is 6.54 Å². The molecule has 6 heteroatoms. The summed E-state index contributed by atoms with van der Waals surface area (Å²) in [4.78, 5) is 29.5. The molecule has 2 aliphatic heterocycles. The van der Waals surface area contributed by atoms with E-state index in [0.29, 0.717) is 13.2 Å². The van der Waals surface area contributed by atoms with Crippen molar-refractivity contribution in [1.29, 1.82) is 0 Å². The van der Waals surface area contributed by atoms with Gasteiger partial charge in [-0.05, 0) is 19.9 Å². The predicted molar refractivity (Wildman–Crippen MR) is 80.2 cm³/mol. The lowest BCUT2D eigenvalue weighted by molar-refractivity contribution is -0.136. The second kappa shape index (κ2) is 4.33. The molecular weight excluding hydrogens is 282 g/mol. The average molecular weight is 299 g/mol. The molecule has 6 nitrogen and oxygen atoms in total. The zero-order chi connectivity index (χ0) is 15.5. The number of aromatic amines is 1. The fourth-order valence-electron chi connectivity index (χ4n) is 3.62. The largest absolute Gasteiger partial charge is 0.371 e. The summed E-state index contributed by atoms with van der Waals surface area (Å²) in [5.41, 5.74) is 1.91. The average Bonchev–Trinajstić information content (AvgIpc) is 2.97. The van der Waals surface area contributed by atoms with E-state index in [1.165, 1.54) is 0 Å². The first-order chi connectivity index (χ1) is 10.6. The van der Waals surface area contributed by atoms with Crippen molar-refractivity contribution in [3.63, 3.8) is 0 Å². The predicted octanol–water partition coefficient (Wildman–Crippen LogP) is 2.07. The highest BCUT2D eigenvalue weighted by Crippen LogP contribution is 2.46. The van der Waals surface area contributed by atoms with Gasteiger partial charge in [-0.25, -0.2) is 4.79 Å². The van der Waals surface area contributed by atoms with Gasteiger partial charge in [0.1, 0.15) is 6.10 Å². The Kier molecular flexibility index (Phi) is 2.62. The number of nitrogens with one attached hydrogen (secondary N) is 2. The number of H-pyrrole nitrogens is 1. The molecule has 0 aliphatic carbocycles. The number of urea groups is 1. The molecule has 0 spiro atoms. The second-order valence-electron chi connectivity index (χ2n) is 5.89. The van der Waals surface area contributed by atoms with Gasteiger partial charge in [-0.1, -0.05) is 18.2 Å². The number of nitrogens with zero attached hydrogens (tertiary/aromatic N) is 1. The molecule has 2 aromatic rings. The number of hydrogen-bond acceptors (Lipinski definition) is 3. The summed E-state index contributed by atoms with van der Waals surface area (Å²) >= 11 is 0. The number of hydrogen-bond donors (Lipinski definition) is 2.